The number of carbonyl (C=O) groups excluding carboxylic acids is 2. The van der Waals surface area contributed by atoms with Crippen molar-refractivity contribution in [2.75, 3.05) is 19.7 Å². The van der Waals surface area contributed by atoms with Gasteiger partial charge in [0.05, 0.1) is 10.6 Å². The monoisotopic (exact) mass is 449 g/mol. The molecule has 8 heteroatoms. The van der Waals surface area contributed by atoms with Gasteiger partial charge in [-0.15, -0.1) is 0 Å². The summed E-state index contributed by atoms with van der Waals surface area (Å²) in [5, 5.41) is 0.0421. The number of benzene rings is 2. The molecular formula is C22H24ClNO5S. The van der Waals surface area contributed by atoms with Crippen molar-refractivity contribution in [3.05, 3.63) is 63.2 Å². The van der Waals surface area contributed by atoms with E-state index < -0.39 is 22.6 Å². The summed E-state index contributed by atoms with van der Waals surface area (Å²) in [4.78, 5) is 24.9. The second-order valence-electron chi connectivity index (χ2n) is 7.53. The lowest BCUT2D eigenvalue weighted by Crippen LogP contribution is -2.28. The van der Waals surface area contributed by atoms with Crippen LogP contribution in [-0.4, -0.2) is 44.2 Å². The Bertz CT molecular complexity index is 1080. The maximum atomic E-state index is 12.8. The Balaban J connectivity index is 1.77. The summed E-state index contributed by atoms with van der Waals surface area (Å²) in [6.07, 6.45) is 1.58. The van der Waals surface area contributed by atoms with Crippen molar-refractivity contribution in [1.29, 1.82) is 0 Å². The smallest absolute Gasteiger partial charge is 0.338 e. The summed E-state index contributed by atoms with van der Waals surface area (Å²) in [5.41, 5.74) is 3.24. The third-order valence-electron chi connectivity index (χ3n) is 5.14. The van der Waals surface area contributed by atoms with E-state index in [0.29, 0.717) is 18.7 Å². The van der Waals surface area contributed by atoms with E-state index in [1.165, 1.54) is 22.5 Å². The first kappa shape index (κ1) is 22.5. The van der Waals surface area contributed by atoms with E-state index in [1.807, 2.05) is 32.9 Å². The molecule has 0 N–H and O–H groups in total. The summed E-state index contributed by atoms with van der Waals surface area (Å²) in [6.45, 7) is 6.05. The Hall–Kier alpha value is -2.22. The Morgan fingerprint density at radius 2 is 1.63 bits per heavy atom. The van der Waals surface area contributed by atoms with Crippen LogP contribution in [0.1, 0.15) is 50.2 Å². The number of Topliss-reactive ketones (excluding diaryl/α,β-unsaturated/α-hetero) is 1. The van der Waals surface area contributed by atoms with E-state index in [4.69, 9.17) is 16.3 Å². The predicted octanol–water partition coefficient (Wildman–Crippen LogP) is 4.09. The molecule has 1 heterocycles. The fourth-order valence-corrected chi connectivity index (χ4v) is 5.82. The molecule has 1 aliphatic heterocycles. The molecular weight excluding hydrogens is 426 g/mol. The van der Waals surface area contributed by atoms with E-state index in [0.717, 1.165) is 29.5 Å². The second kappa shape index (κ2) is 8.88. The molecule has 0 radical (unpaired) electrons. The number of hydrogen-bond acceptors (Lipinski definition) is 5. The zero-order valence-electron chi connectivity index (χ0n) is 17.2. The number of aryl methyl sites for hydroxylation is 3. The lowest BCUT2D eigenvalue weighted by Gasteiger charge is -2.17. The number of sulfonamides is 1. The normalized spacial score (nSPS) is 14.7. The van der Waals surface area contributed by atoms with Crippen LogP contribution in [0.15, 0.2) is 35.2 Å². The fraction of sp³-hybridized carbons (Fsp3) is 0.364. The van der Waals surface area contributed by atoms with Gasteiger partial charge in [0, 0.05) is 18.7 Å². The zero-order chi connectivity index (χ0) is 22.1. The van der Waals surface area contributed by atoms with E-state index in [2.05, 4.69) is 0 Å². The van der Waals surface area contributed by atoms with Crippen molar-refractivity contribution in [2.24, 2.45) is 0 Å². The van der Waals surface area contributed by atoms with Gasteiger partial charge < -0.3 is 4.74 Å². The van der Waals surface area contributed by atoms with E-state index in [1.54, 1.807) is 0 Å². The van der Waals surface area contributed by atoms with Gasteiger partial charge in [-0.2, -0.15) is 4.31 Å². The van der Waals surface area contributed by atoms with Crippen molar-refractivity contribution >= 4 is 33.4 Å². The molecule has 2 aromatic carbocycles. The molecule has 0 aromatic heterocycles. The van der Waals surface area contributed by atoms with Crippen LogP contribution >= 0.6 is 11.6 Å². The topological polar surface area (TPSA) is 80.8 Å². The molecule has 0 saturated carbocycles. The molecule has 1 aliphatic rings. The maximum Gasteiger partial charge on any atom is 0.338 e. The van der Waals surface area contributed by atoms with Gasteiger partial charge >= 0.3 is 5.97 Å². The van der Waals surface area contributed by atoms with Gasteiger partial charge in [0.2, 0.25) is 15.8 Å². The van der Waals surface area contributed by atoms with Gasteiger partial charge in [-0.25, -0.2) is 13.2 Å². The highest BCUT2D eigenvalue weighted by molar-refractivity contribution is 7.89. The van der Waals surface area contributed by atoms with E-state index >= 15 is 0 Å². The Morgan fingerprint density at radius 1 is 1.03 bits per heavy atom. The van der Waals surface area contributed by atoms with Gasteiger partial charge in [0.25, 0.3) is 0 Å². The van der Waals surface area contributed by atoms with Gasteiger partial charge in [-0.05, 0) is 62.9 Å². The van der Waals surface area contributed by atoms with Crippen molar-refractivity contribution in [1.82, 2.24) is 4.31 Å². The number of ether oxygens (including phenoxy) is 1. The van der Waals surface area contributed by atoms with Crippen LogP contribution in [0.3, 0.4) is 0 Å². The average molecular weight is 450 g/mol. The molecule has 0 spiro atoms. The molecule has 6 nitrogen and oxygen atoms in total. The molecule has 1 saturated heterocycles. The summed E-state index contributed by atoms with van der Waals surface area (Å²) in [5.74, 6) is -1.09. The molecule has 1 fully saturated rings. The van der Waals surface area contributed by atoms with Crippen LogP contribution < -0.4 is 0 Å². The fourth-order valence-electron chi connectivity index (χ4n) is 3.80. The summed E-state index contributed by atoms with van der Waals surface area (Å²) in [7, 11) is -3.79. The number of carbonyl (C=O) groups is 2. The van der Waals surface area contributed by atoms with Crippen LogP contribution in [0.2, 0.25) is 5.02 Å². The van der Waals surface area contributed by atoms with Gasteiger partial charge in [0.15, 0.2) is 6.61 Å². The number of halogens is 1. The van der Waals surface area contributed by atoms with E-state index in [-0.39, 0.29) is 21.3 Å². The molecule has 0 unspecified atom stereocenters. The molecule has 0 aliphatic carbocycles. The lowest BCUT2D eigenvalue weighted by molar-refractivity contribution is 0.0474. The number of nitrogens with zero attached hydrogens (tertiary/aromatic N) is 1. The quantitative estimate of drug-likeness (QED) is 0.490. The van der Waals surface area contributed by atoms with Crippen molar-refractivity contribution in [3.63, 3.8) is 0 Å². The highest BCUT2D eigenvalue weighted by Gasteiger charge is 2.30. The predicted molar refractivity (Wildman–Crippen MR) is 115 cm³/mol. The molecule has 3 rings (SSSR count). The number of rotatable bonds is 6. The van der Waals surface area contributed by atoms with Crippen molar-refractivity contribution in [2.45, 2.75) is 38.5 Å². The molecule has 160 valence electrons. The number of ketones is 1. The first-order valence-electron chi connectivity index (χ1n) is 9.69. The number of hydrogen-bond donors (Lipinski definition) is 0. The Kier molecular flexibility index (Phi) is 6.65. The van der Waals surface area contributed by atoms with Gasteiger partial charge in [-0.1, -0.05) is 29.3 Å². The van der Waals surface area contributed by atoms with Gasteiger partial charge in [-0.3, -0.25) is 4.79 Å². The summed E-state index contributed by atoms with van der Waals surface area (Å²) < 4.78 is 32.2. The standard InChI is InChI=1S/C22H24ClNO5S/c1-14-10-15(2)21(16(3)11-14)19(25)13-29-22(26)17-6-7-18(23)20(12-17)30(27,28)24-8-4-5-9-24/h6-7,10-12H,4-5,8-9,13H2,1-3H3. The molecule has 0 atom stereocenters. The number of esters is 1. The molecule has 0 amide bonds. The Labute approximate surface area is 181 Å². The first-order chi connectivity index (χ1) is 14.1. The largest absolute Gasteiger partial charge is 0.454 e. The van der Waals surface area contributed by atoms with Crippen molar-refractivity contribution in [3.8, 4) is 0 Å². The summed E-state index contributed by atoms with van der Waals surface area (Å²) >= 11 is 6.11. The highest BCUT2D eigenvalue weighted by Crippen LogP contribution is 2.28. The van der Waals surface area contributed by atoms with Crippen LogP contribution in [0, 0.1) is 20.8 Å². The molecule has 0 bridgehead atoms. The third kappa shape index (κ3) is 4.58. The van der Waals surface area contributed by atoms with Gasteiger partial charge in [0.1, 0.15) is 4.90 Å². The molecule has 2 aromatic rings. The van der Waals surface area contributed by atoms with E-state index in [9.17, 15) is 18.0 Å². The Morgan fingerprint density at radius 3 is 2.23 bits per heavy atom. The van der Waals surface area contributed by atoms with Crippen LogP contribution in [0.25, 0.3) is 0 Å². The first-order valence-corrected chi connectivity index (χ1v) is 11.5. The lowest BCUT2D eigenvalue weighted by atomic mass is 9.97. The maximum absolute atomic E-state index is 12.8. The van der Waals surface area contributed by atoms with Crippen LogP contribution in [0.5, 0.6) is 0 Å². The highest BCUT2D eigenvalue weighted by atomic mass is 35.5. The minimum atomic E-state index is -3.79. The average Bonchev–Trinajstić information content (AvgIpc) is 3.21. The molecule has 30 heavy (non-hydrogen) atoms. The van der Waals surface area contributed by atoms with Crippen molar-refractivity contribution < 1.29 is 22.7 Å². The summed E-state index contributed by atoms with van der Waals surface area (Å²) in [6, 6.07) is 7.76. The van der Waals surface area contributed by atoms with Crippen LogP contribution in [0.4, 0.5) is 0 Å². The minimum absolute atomic E-state index is 0.0299. The SMILES string of the molecule is Cc1cc(C)c(C(=O)COC(=O)c2ccc(Cl)c(S(=O)(=O)N3CCCC3)c2)c(C)c1. The minimum Gasteiger partial charge on any atom is -0.454 e. The zero-order valence-corrected chi connectivity index (χ0v) is 18.8. The third-order valence-corrected chi connectivity index (χ3v) is 7.52. The second-order valence-corrected chi connectivity index (χ2v) is 9.84. The van der Waals surface area contributed by atoms with Crippen LogP contribution in [-0.2, 0) is 14.8 Å².